The van der Waals surface area contributed by atoms with Gasteiger partial charge in [-0.25, -0.2) is 4.98 Å². The maximum absolute atomic E-state index is 8.75. The van der Waals surface area contributed by atoms with Gasteiger partial charge < -0.3 is 9.26 Å². The number of hydrogen-bond donors (Lipinski definition) is 0. The van der Waals surface area contributed by atoms with Gasteiger partial charge in [0.25, 0.3) is 5.89 Å². The number of nitrogens with zero attached hydrogens (tertiary/aromatic N) is 4. The molecule has 0 atom stereocenters. The van der Waals surface area contributed by atoms with Crippen LogP contribution in [0.2, 0.25) is 0 Å². The second-order valence-corrected chi connectivity index (χ2v) is 4.20. The molecular weight excluding hydrogens is 268 g/mol. The Balaban J connectivity index is 1.93. The molecule has 0 amide bonds. The molecule has 3 rings (SSSR count). The van der Waals surface area contributed by atoms with Crippen molar-refractivity contribution in [2.75, 3.05) is 7.11 Å². The molecule has 0 aliphatic rings. The van der Waals surface area contributed by atoms with Crippen LogP contribution in [0.15, 0.2) is 47.1 Å². The van der Waals surface area contributed by atoms with Gasteiger partial charge in [-0.15, -0.1) is 0 Å². The highest BCUT2D eigenvalue weighted by atomic mass is 16.5. The van der Waals surface area contributed by atoms with Crippen LogP contribution in [0, 0.1) is 11.3 Å². The monoisotopic (exact) mass is 278 g/mol. The van der Waals surface area contributed by atoms with Crippen LogP contribution in [0.4, 0.5) is 0 Å². The van der Waals surface area contributed by atoms with Gasteiger partial charge in [0, 0.05) is 11.8 Å². The molecule has 0 aliphatic carbocycles. The highest BCUT2D eigenvalue weighted by Gasteiger charge is 2.12. The predicted molar refractivity (Wildman–Crippen MR) is 74.2 cm³/mol. The molecule has 21 heavy (non-hydrogen) atoms. The number of pyridine rings is 1. The average molecular weight is 278 g/mol. The van der Waals surface area contributed by atoms with Gasteiger partial charge >= 0.3 is 0 Å². The van der Waals surface area contributed by atoms with Gasteiger partial charge in [-0.1, -0.05) is 17.3 Å². The largest absolute Gasteiger partial charge is 0.497 e. The van der Waals surface area contributed by atoms with Gasteiger partial charge in [0.05, 0.1) is 12.7 Å². The van der Waals surface area contributed by atoms with Crippen molar-refractivity contribution in [2.24, 2.45) is 0 Å². The zero-order chi connectivity index (χ0) is 14.7. The van der Waals surface area contributed by atoms with Crippen molar-refractivity contribution in [3.8, 4) is 34.8 Å². The molecule has 0 spiro atoms. The Morgan fingerprint density at radius 1 is 1.24 bits per heavy atom. The van der Waals surface area contributed by atoms with Crippen molar-refractivity contribution < 1.29 is 9.26 Å². The van der Waals surface area contributed by atoms with Gasteiger partial charge in [-0.2, -0.15) is 10.2 Å². The third kappa shape index (κ3) is 2.58. The summed E-state index contributed by atoms with van der Waals surface area (Å²) in [6.45, 7) is 0. The summed E-state index contributed by atoms with van der Waals surface area (Å²) >= 11 is 0. The highest BCUT2D eigenvalue weighted by Crippen LogP contribution is 2.23. The number of hydrogen-bond acceptors (Lipinski definition) is 6. The molecule has 0 N–H and O–H groups in total. The first-order valence-electron chi connectivity index (χ1n) is 6.15. The fourth-order valence-corrected chi connectivity index (χ4v) is 1.79. The number of benzene rings is 1. The van der Waals surface area contributed by atoms with E-state index >= 15 is 0 Å². The molecule has 6 nitrogen and oxygen atoms in total. The number of ether oxygens (including phenoxy) is 1. The minimum atomic E-state index is 0.303. The van der Waals surface area contributed by atoms with Gasteiger partial charge in [-0.05, 0) is 24.3 Å². The van der Waals surface area contributed by atoms with Crippen molar-refractivity contribution in [2.45, 2.75) is 0 Å². The molecule has 0 saturated heterocycles. The molecule has 3 aromatic rings. The second-order valence-electron chi connectivity index (χ2n) is 4.20. The molecular formula is C15H10N4O2. The lowest BCUT2D eigenvalue weighted by atomic mass is 10.2. The fourth-order valence-electron chi connectivity index (χ4n) is 1.79. The van der Waals surface area contributed by atoms with Crippen molar-refractivity contribution in [1.29, 1.82) is 5.26 Å². The standard InChI is InChI=1S/C15H10N4O2/c1-20-12-4-2-3-11(7-12)14-18-15(21-19-14)13-6-5-10(8-16)9-17-13/h2-7,9H,1H3. The lowest BCUT2D eigenvalue weighted by Gasteiger charge is -1.99. The number of rotatable bonds is 3. The number of aromatic nitrogens is 3. The van der Waals surface area contributed by atoms with Gasteiger partial charge in [-0.3, -0.25) is 0 Å². The maximum Gasteiger partial charge on any atom is 0.276 e. The van der Waals surface area contributed by atoms with E-state index in [1.807, 2.05) is 30.3 Å². The lowest BCUT2D eigenvalue weighted by Crippen LogP contribution is -1.86. The van der Waals surface area contributed by atoms with Crippen molar-refractivity contribution in [1.82, 2.24) is 15.1 Å². The van der Waals surface area contributed by atoms with Gasteiger partial charge in [0.1, 0.15) is 17.5 Å². The zero-order valence-corrected chi connectivity index (χ0v) is 11.1. The first-order chi connectivity index (χ1) is 10.3. The summed E-state index contributed by atoms with van der Waals surface area (Å²) in [5.74, 6) is 1.47. The smallest absolute Gasteiger partial charge is 0.276 e. The summed E-state index contributed by atoms with van der Waals surface area (Å²) in [6.07, 6.45) is 1.46. The minimum Gasteiger partial charge on any atom is -0.497 e. The summed E-state index contributed by atoms with van der Waals surface area (Å²) in [5.41, 5.74) is 1.79. The maximum atomic E-state index is 8.75. The third-order valence-corrected chi connectivity index (χ3v) is 2.87. The van der Waals surface area contributed by atoms with Crippen LogP contribution in [0.3, 0.4) is 0 Å². The lowest BCUT2D eigenvalue weighted by molar-refractivity contribution is 0.414. The number of nitriles is 1. The Morgan fingerprint density at radius 2 is 2.14 bits per heavy atom. The van der Waals surface area contributed by atoms with Crippen LogP contribution < -0.4 is 4.74 Å². The average Bonchev–Trinajstić information content (AvgIpc) is 3.05. The molecule has 0 fully saturated rings. The van der Waals surface area contributed by atoms with Crippen LogP contribution >= 0.6 is 0 Å². The van der Waals surface area contributed by atoms with E-state index in [0.29, 0.717) is 23.0 Å². The Bertz CT molecular complexity index is 803. The molecule has 1 aromatic carbocycles. The van der Waals surface area contributed by atoms with E-state index in [4.69, 9.17) is 14.5 Å². The summed E-state index contributed by atoms with van der Waals surface area (Å²) in [5, 5.41) is 12.7. The van der Waals surface area contributed by atoms with Gasteiger partial charge in [0.15, 0.2) is 0 Å². The molecule has 0 radical (unpaired) electrons. The van der Waals surface area contributed by atoms with E-state index in [0.717, 1.165) is 11.3 Å². The summed E-state index contributed by atoms with van der Waals surface area (Å²) in [7, 11) is 1.60. The minimum absolute atomic E-state index is 0.303. The fraction of sp³-hybridized carbons (Fsp3) is 0.0667. The summed E-state index contributed by atoms with van der Waals surface area (Å²) in [4.78, 5) is 8.42. The van der Waals surface area contributed by atoms with E-state index in [1.165, 1.54) is 6.20 Å². The SMILES string of the molecule is COc1cccc(-c2noc(-c3ccc(C#N)cn3)n2)c1. The Hall–Kier alpha value is -3.20. The van der Waals surface area contributed by atoms with Crippen LogP contribution in [0.1, 0.15) is 5.56 Å². The van der Waals surface area contributed by atoms with E-state index in [2.05, 4.69) is 15.1 Å². The quantitative estimate of drug-likeness (QED) is 0.732. The first-order valence-corrected chi connectivity index (χ1v) is 6.15. The van der Waals surface area contributed by atoms with Crippen LogP contribution in [-0.2, 0) is 0 Å². The van der Waals surface area contributed by atoms with Crippen molar-refractivity contribution >= 4 is 0 Å². The molecule has 0 aliphatic heterocycles. The van der Waals surface area contributed by atoms with Crippen LogP contribution in [0.5, 0.6) is 5.75 Å². The number of methoxy groups -OCH3 is 1. The van der Waals surface area contributed by atoms with Gasteiger partial charge in [0.2, 0.25) is 5.82 Å². The third-order valence-electron chi connectivity index (χ3n) is 2.87. The molecule has 0 unspecified atom stereocenters. The van der Waals surface area contributed by atoms with Crippen molar-refractivity contribution in [3.63, 3.8) is 0 Å². The highest BCUT2D eigenvalue weighted by molar-refractivity contribution is 5.59. The molecule has 102 valence electrons. The Labute approximate surface area is 120 Å². The first kappa shape index (κ1) is 12.8. The molecule has 6 heteroatoms. The zero-order valence-electron chi connectivity index (χ0n) is 11.1. The predicted octanol–water partition coefficient (Wildman–Crippen LogP) is 2.68. The van der Waals surface area contributed by atoms with E-state index in [9.17, 15) is 0 Å². The van der Waals surface area contributed by atoms with E-state index in [1.54, 1.807) is 19.2 Å². The van der Waals surface area contributed by atoms with E-state index in [-0.39, 0.29) is 0 Å². The second kappa shape index (κ2) is 5.43. The van der Waals surface area contributed by atoms with Crippen LogP contribution in [-0.4, -0.2) is 22.2 Å². The molecule has 0 saturated carbocycles. The van der Waals surface area contributed by atoms with E-state index < -0.39 is 0 Å². The molecule has 2 aromatic heterocycles. The van der Waals surface area contributed by atoms with Crippen LogP contribution in [0.25, 0.3) is 23.0 Å². The Morgan fingerprint density at radius 3 is 2.86 bits per heavy atom. The summed E-state index contributed by atoms with van der Waals surface area (Å²) in [6, 6.07) is 12.7. The molecule has 2 heterocycles. The van der Waals surface area contributed by atoms with Crippen molar-refractivity contribution in [3.05, 3.63) is 48.2 Å². The molecule has 0 bridgehead atoms. The Kier molecular flexibility index (Phi) is 3.31. The normalized spacial score (nSPS) is 10.1. The summed E-state index contributed by atoms with van der Waals surface area (Å²) < 4.78 is 10.4. The topological polar surface area (TPSA) is 84.8 Å².